The fraction of sp³-hybridized carbons (Fsp3) is 0.571. The molecule has 3 rings (SSSR count). The summed E-state index contributed by atoms with van der Waals surface area (Å²) in [7, 11) is 0. The molecule has 2 heterocycles. The molecule has 18 heavy (non-hydrogen) atoms. The van der Waals surface area contributed by atoms with Crippen molar-refractivity contribution in [3.8, 4) is 0 Å². The number of anilines is 1. The molecule has 0 bridgehead atoms. The third-order valence-electron chi connectivity index (χ3n) is 4.48. The number of nitrogens with one attached hydrogen (secondary N) is 1. The van der Waals surface area contributed by atoms with E-state index in [4.69, 9.17) is 5.73 Å². The molecule has 1 aromatic heterocycles. The van der Waals surface area contributed by atoms with Crippen molar-refractivity contribution >= 4 is 11.5 Å². The number of carbonyl (C=O) groups excluding carboxylic acids is 1. The molecular weight excluding hydrogens is 226 g/mol. The maximum Gasteiger partial charge on any atom is 0.141 e. The summed E-state index contributed by atoms with van der Waals surface area (Å²) >= 11 is 0. The number of hydrogen-bond acceptors (Lipinski definition) is 4. The van der Waals surface area contributed by atoms with Gasteiger partial charge in [-0.1, -0.05) is 0 Å². The van der Waals surface area contributed by atoms with Gasteiger partial charge in [-0.2, -0.15) is 0 Å². The number of carbonyl (C=O) groups is 1. The topological polar surface area (TPSA) is 68.0 Å². The first-order chi connectivity index (χ1) is 8.71. The van der Waals surface area contributed by atoms with Crippen LogP contribution in [0.4, 0.5) is 5.69 Å². The molecule has 1 saturated carbocycles. The van der Waals surface area contributed by atoms with Crippen LogP contribution in [0, 0.1) is 11.3 Å². The van der Waals surface area contributed by atoms with Crippen molar-refractivity contribution in [1.82, 2.24) is 10.3 Å². The molecule has 1 aliphatic carbocycles. The second-order valence-corrected chi connectivity index (χ2v) is 5.59. The van der Waals surface area contributed by atoms with Crippen LogP contribution in [0.1, 0.15) is 24.8 Å². The Morgan fingerprint density at radius 1 is 1.50 bits per heavy atom. The van der Waals surface area contributed by atoms with E-state index < -0.39 is 0 Å². The van der Waals surface area contributed by atoms with Gasteiger partial charge in [0.25, 0.3) is 0 Å². The van der Waals surface area contributed by atoms with Crippen molar-refractivity contribution < 1.29 is 4.79 Å². The molecule has 4 heteroatoms. The molecule has 2 aliphatic rings. The maximum absolute atomic E-state index is 12.3. The van der Waals surface area contributed by atoms with E-state index in [1.165, 1.54) is 0 Å². The molecule has 4 nitrogen and oxygen atoms in total. The van der Waals surface area contributed by atoms with Crippen LogP contribution in [0.3, 0.4) is 0 Å². The van der Waals surface area contributed by atoms with Gasteiger partial charge in [0.1, 0.15) is 5.78 Å². The van der Waals surface area contributed by atoms with Gasteiger partial charge in [0.2, 0.25) is 0 Å². The lowest BCUT2D eigenvalue weighted by Crippen LogP contribution is -2.31. The summed E-state index contributed by atoms with van der Waals surface area (Å²) in [4.78, 5) is 16.3. The molecule has 2 fully saturated rings. The predicted molar refractivity (Wildman–Crippen MR) is 70.0 cm³/mol. The molecule has 1 unspecified atom stereocenters. The van der Waals surface area contributed by atoms with E-state index in [0.717, 1.165) is 37.9 Å². The van der Waals surface area contributed by atoms with Crippen LogP contribution in [0.2, 0.25) is 0 Å². The second-order valence-electron chi connectivity index (χ2n) is 5.59. The second kappa shape index (κ2) is 4.35. The number of nitrogen functional groups attached to an aromatic ring is 1. The van der Waals surface area contributed by atoms with E-state index in [1.54, 1.807) is 18.5 Å². The Hall–Kier alpha value is -1.42. The first-order valence-electron chi connectivity index (χ1n) is 6.63. The summed E-state index contributed by atoms with van der Waals surface area (Å²) in [6.07, 6.45) is 7.19. The number of piperidine rings is 1. The van der Waals surface area contributed by atoms with Crippen molar-refractivity contribution in [3.05, 3.63) is 24.0 Å². The van der Waals surface area contributed by atoms with E-state index in [2.05, 4.69) is 10.3 Å². The number of aromatic nitrogens is 1. The Balaban J connectivity index is 1.65. The van der Waals surface area contributed by atoms with E-state index in [0.29, 0.717) is 23.3 Å². The third kappa shape index (κ3) is 2.01. The Bertz CT molecular complexity index is 466. The molecule has 1 aliphatic heterocycles. The van der Waals surface area contributed by atoms with Crippen molar-refractivity contribution in [1.29, 1.82) is 0 Å². The molecule has 3 N–H and O–H groups in total. The third-order valence-corrected chi connectivity index (χ3v) is 4.48. The van der Waals surface area contributed by atoms with Crippen LogP contribution >= 0.6 is 0 Å². The van der Waals surface area contributed by atoms with Crippen molar-refractivity contribution in [2.24, 2.45) is 11.3 Å². The minimum Gasteiger partial charge on any atom is -0.398 e. The highest BCUT2D eigenvalue weighted by atomic mass is 16.1. The summed E-state index contributed by atoms with van der Waals surface area (Å²) in [5, 5.41) is 3.36. The number of Topliss-reactive ketones (excluding diaryl/α,β-unsaturated/α-hetero) is 1. The zero-order valence-electron chi connectivity index (χ0n) is 10.5. The Morgan fingerprint density at radius 2 is 2.28 bits per heavy atom. The van der Waals surface area contributed by atoms with Gasteiger partial charge in [0, 0.05) is 36.0 Å². The van der Waals surface area contributed by atoms with Gasteiger partial charge >= 0.3 is 0 Å². The largest absolute Gasteiger partial charge is 0.398 e. The number of hydrogen-bond donors (Lipinski definition) is 2. The highest BCUT2D eigenvalue weighted by molar-refractivity contribution is 5.87. The smallest absolute Gasteiger partial charge is 0.141 e. The SMILES string of the molecule is Nc1ccncc1CC(=O)C1CC12CCNCC2. The van der Waals surface area contributed by atoms with Crippen molar-refractivity contribution in [3.63, 3.8) is 0 Å². The molecule has 96 valence electrons. The summed E-state index contributed by atoms with van der Waals surface area (Å²) in [6, 6.07) is 1.76. The Kier molecular flexibility index (Phi) is 2.82. The molecule has 1 aromatic rings. The summed E-state index contributed by atoms with van der Waals surface area (Å²) in [5.74, 6) is 0.607. The van der Waals surface area contributed by atoms with Crippen LogP contribution in [0.5, 0.6) is 0 Å². The zero-order chi connectivity index (χ0) is 12.6. The van der Waals surface area contributed by atoms with Gasteiger partial charge in [-0.25, -0.2) is 0 Å². The van der Waals surface area contributed by atoms with E-state index in [9.17, 15) is 4.79 Å². The molecule has 0 amide bonds. The number of ketones is 1. The average molecular weight is 245 g/mol. The molecular formula is C14H19N3O. The molecule has 1 spiro atoms. The highest BCUT2D eigenvalue weighted by Crippen LogP contribution is 2.59. The number of nitrogens with zero attached hydrogens (tertiary/aromatic N) is 1. The van der Waals surface area contributed by atoms with Gasteiger partial charge in [-0.3, -0.25) is 9.78 Å². The number of pyridine rings is 1. The zero-order valence-corrected chi connectivity index (χ0v) is 10.5. The van der Waals surface area contributed by atoms with Crippen molar-refractivity contribution in [2.45, 2.75) is 25.7 Å². The first kappa shape index (κ1) is 11.7. The minimum atomic E-state index is 0.263. The van der Waals surface area contributed by atoms with E-state index in [1.807, 2.05) is 0 Å². The van der Waals surface area contributed by atoms with Crippen LogP contribution < -0.4 is 11.1 Å². The average Bonchev–Trinajstić information content (AvgIpc) is 3.07. The Labute approximate surface area is 107 Å². The van der Waals surface area contributed by atoms with Crippen LogP contribution in [0.15, 0.2) is 18.5 Å². The predicted octanol–water partition coefficient (Wildman–Crippen LogP) is 1.17. The van der Waals surface area contributed by atoms with Crippen molar-refractivity contribution in [2.75, 3.05) is 18.8 Å². The van der Waals surface area contributed by atoms with Crippen LogP contribution in [-0.2, 0) is 11.2 Å². The Morgan fingerprint density at radius 3 is 3.00 bits per heavy atom. The summed E-state index contributed by atoms with van der Waals surface area (Å²) in [5.41, 5.74) is 7.73. The lowest BCUT2D eigenvalue weighted by molar-refractivity contribution is -0.120. The monoisotopic (exact) mass is 245 g/mol. The molecule has 1 saturated heterocycles. The quantitative estimate of drug-likeness (QED) is 0.838. The van der Waals surface area contributed by atoms with E-state index >= 15 is 0 Å². The van der Waals surface area contributed by atoms with Crippen LogP contribution in [-0.4, -0.2) is 23.9 Å². The molecule has 0 aromatic carbocycles. The van der Waals surface area contributed by atoms with Gasteiger partial charge in [-0.05, 0) is 43.8 Å². The van der Waals surface area contributed by atoms with Crippen LogP contribution in [0.25, 0.3) is 0 Å². The number of rotatable bonds is 3. The minimum absolute atomic E-state index is 0.263. The summed E-state index contributed by atoms with van der Waals surface area (Å²) in [6.45, 7) is 2.11. The van der Waals surface area contributed by atoms with Gasteiger partial charge in [-0.15, -0.1) is 0 Å². The summed E-state index contributed by atoms with van der Waals surface area (Å²) < 4.78 is 0. The standard InChI is InChI=1S/C14H19N3O/c15-12-1-4-17-9-10(12)7-13(18)11-8-14(11)2-5-16-6-3-14/h1,4,9,11,16H,2-3,5-8H2,(H2,15,17). The molecule has 0 radical (unpaired) electrons. The molecule has 1 atom stereocenters. The van der Waals surface area contributed by atoms with E-state index in [-0.39, 0.29) is 5.92 Å². The highest BCUT2D eigenvalue weighted by Gasteiger charge is 2.56. The normalized spacial score (nSPS) is 25.0. The fourth-order valence-electron chi connectivity index (χ4n) is 3.18. The first-order valence-corrected chi connectivity index (χ1v) is 6.63. The van der Waals surface area contributed by atoms with Gasteiger partial charge in [0.05, 0.1) is 0 Å². The lowest BCUT2D eigenvalue weighted by Gasteiger charge is -2.23. The number of nitrogens with two attached hydrogens (primary N) is 1. The maximum atomic E-state index is 12.3. The fourth-order valence-corrected chi connectivity index (χ4v) is 3.18. The van der Waals surface area contributed by atoms with Gasteiger partial charge < -0.3 is 11.1 Å². The lowest BCUT2D eigenvalue weighted by atomic mass is 9.89. The van der Waals surface area contributed by atoms with Gasteiger partial charge in [0.15, 0.2) is 0 Å².